The molecule has 4 rings (SSSR count). The first kappa shape index (κ1) is 15.4. The molecular formula is C19H11F3N2O. The largest absolute Gasteiger partial charge is 0.456 e. The quantitative estimate of drug-likeness (QED) is 0.513. The molecule has 124 valence electrons. The third-order valence-electron chi connectivity index (χ3n) is 3.94. The fourth-order valence-electron chi connectivity index (χ4n) is 2.72. The van der Waals surface area contributed by atoms with Crippen molar-refractivity contribution in [1.29, 1.82) is 0 Å². The first-order chi connectivity index (χ1) is 12.1. The van der Waals surface area contributed by atoms with Gasteiger partial charge in [0.25, 0.3) is 0 Å². The minimum Gasteiger partial charge on any atom is -0.456 e. The van der Waals surface area contributed by atoms with Crippen LogP contribution in [0, 0.1) is 11.6 Å². The maximum atomic E-state index is 14.9. The van der Waals surface area contributed by atoms with Crippen molar-refractivity contribution in [3.8, 4) is 11.3 Å². The van der Waals surface area contributed by atoms with Gasteiger partial charge in [0.15, 0.2) is 6.17 Å². The van der Waals surface area contributed by atoms with E-state index >= 15 is 0 Å². The van der Waals surface area contributed by atoms with Crippen LogP contribution in [-0.2, 0) is 0 Å². The third-order valence-corrected chi connectivity index (χ3v) is 3.94. The lowest BCUT2D eigenvalue weighted by Crippen LogP contribution is -2.02. The number of benzene rings is 2. The van der Waals surface area contributed by atoms with Gasteiger partial charge < -0.3 is 4.42 Å². The predicted molar refractivity (Wildman–Crippen MR) is 86.5 cm³/mol. The lowest BCUT2D eigenvalue weighted by molar-refractivity contribution is 0.384. The van der Waals surface area contributed by atoms with Gasteiger partial charge in [-0.2, -0.15) is 0 Å². The molecule has 0 radical (unpaired) electrons. The zero-order chi connectivity index (χ0) is 17.4. The SMILES string of the molecule is Fc1ccc(C(F)c2cncnc2)c(F)c1-c1cc2ccccc2o1. The van der Waals surface area contributed by atoms with E-state index in [1.807, 2.05) is 0 Å². The van der Waals surface area contributed by atoms with E-state index in [-0.39, 0.29) is 16.9 Å². The number of alkyl halides is 1. The molecular weight excluding hydrogens is 329 g/mol. The Bertz CT molecular complexity index is 1010. The number of hydrogen-bond donors (Lipinski definition) is 0. The molecule has 2 aromatic carbocycles. The van der Waals surface area contributed by atoms with Crippen molar-refractivity contribution in [2.45, 2.75) is 6.17 Å². The molecule has 0 aliphatic rings. The van der Waals surface area contributed by atoms with Gasteiger partial charge in [-0.05, 0) is 24.3 Å². The summed E-state index contributed by atoms with van der Waals surface area (Å²) in [6.07, 6.45) is 1.93. The molecule has 1 atom stereocenters. The molecule has 6 heteroatoms. The summed E-state index contributed by atoms with van der Waals surface area (Å²) in [7, 11) is 0. The van der Waals surface area contributed by atoms with Crippen LogP contribution in [0.2, 0.25) is 0 Å². The highest BCUT2D eigenvalue weighted by atomic mass is 19.1. The maximum absolute atomic E-state index is 14.9. The van der Waals surface area contributed by atoms with Gasteiger partial charge in [-0.15, -0.1) is 0 Å². The van der Waals surface area contributed by atoms with Gasteiger partial charge in [0.2, 0.25) is 0 Å². The van der Waals surface area contributed by atoms with Crippen LogP contribution in [0.1, 0.15) is 17.3 Å². The molecule has 0 spiro atoms. The summed E-state index contributed by atoms with van der Waals surface area (Å²) in [5, 5.41) is 0.704. The summed E-state index contributed by atoms with van der Waals surface area (Å²) >= 11 is 0. The van der Waals surface area contributed by atoms with Crippen molar-refractivity contribution in [1.82, 2.24) is 9.97 Å². The van der Waals surface area contributed by atoms with E-state index in [0.29, 0.717) is 11.0 Å². The van der Waals surface area contributed by atoms with Crippen LogP contribution in [0.15, 0.2) is 65.6 Å². The van der Waals surface area contributed by atoms with Crippen molar-refractivity contribution < 1.29 is 17.6 Å². The summed E-state index contributed by atoms with van der Waals surface area (Å²) in [6.45, 7) is 0. The zero-order valence-corrected chi connectivity index (χ0v) is 12.8. The Morgan fingerprint density at radius 1 is 0.960 bits per heavy atom. The second kappa shape index (κ2) is 6.05. The van der Waals surface area contributed by atoms with Crippen molar-refractivity contribution in [3.63, 3.8) is 0 Å². The Morgan fingerprint density at radius 2 is 1.72 bits per heavy atom. The molecule has 2 heterocycles. The van der Waals surface area contributed by atoms with Crippen LogP contribution in [-0.4, -0.2) is 9.97 Å². The number of furan rings is 1. The maximum Gasteiger partial charge on any atom is 0.156 e. The molecule has 0 aliphatic carbocycles. The Morgan fingerprint density at radius 3 is 2.48 bits per heavy atom. The Kier molecular flexibility index (Phi) is 3.72. The second-order valence-electron chi connectivity index (χ2n) is 5.51. The molecule has 4 aromatic rings. The molecule has 1 unspecified atom stereocenters. The number of para-hydroxylation sites is 1. The van der Waals surface area contributed by atoms with Crippen LogP contribution >= 0.6 is 0 Å². The highest BCUT2D eigenvalue weighted by Gasteiger charge is 2.24. The number of fused-ring (bicyclic) bond motifs is 1. The van der Waals surface area contributed by atoms with Crippen LogP contribution < -0.4 is 0 Å². The van der Waals surface area contributed by atoms with Gasteiger partial charge in [-0.25, -0.2) is 23.1 Å². The van der Waals surface area contributed by atoms with Gasteiger partial charge in [0.05, 0.1) is 5.56 Å². The number of nitrogens with zero attached hydrogens (tertiary/aromatic N) is 2. The predicted octanol–water partition coefficient (Wildman–Crippen LogP) is 5.23. The molecule has 3 nitrogen and oxygen atoms in total. The molecule has 0 fully saturated rings. The fraction of sp³-hybridized carbons (Fsp3) is 0.0526. The average molecular weight is 340 g/mol. The van der Waals surface area contributed by atoms with Crippen molar-refractivity contribution >= 4 is 11.0 Å². The summed E-state index contributed by atoms with van der Waals surface area (Å²) < 4.78 is 49.4. The monoisotopic (exact) mass is 340 g/mol. The molecule has 0 aliphatic heterocycles. The Labute approximate surface area is 140 Å². The average Bonchev–Trinajstić information content (AvgIpc) is 3.05. The molecule has 0 bridgehead atoms. The summed E-state index contributed by atoms with van der Waals surface area (Å²) in [4.78, 5) is 7.44. The Balaban J connectivity index is 1.86. The van der Waals surface area contributed by atoms with Gasteiger partial charge in [-0.3, -0.25) is 0 Å². The van der Waals surface area contributed by atoms with E-state index in [9.17, 15) is 13.2 Å². The van der Waals surface area contributed by atoms with Crippen LogP contribution in [0.25, 0.3) is 22.3 Å². The van der Waals surface area contributed by atoms with E-state index in [4.69, 9.17) is 4.42 Å². The summed E-state index contributed by atoms with van der Waals surface area (Å²) in [5.74, 6) is -1.82. The van der Waals surface area contributed by atoms with Crippen LogP contribution in [0.5, 0.6) is 0 Å². The lowest BCUT2D eigenvalue weighted by atomic mass is 10.00. The van der Waals surface area contributed by atoms with Gasteiger partial charge in [0.1, 0.15) is 29.3 Å². The van der Waals surface area contributed by atoms with Gasteiger partial charge in [-0.1, -0.05) is 18.2 Å². The normalized spacial score (nSPS) is 12.4. The minimum absolute atomic E-state index is 0.00885. The smallest absolute Gasteiger partial charge is 0.156 e. The first-order valence-electron chi connectivity index (χ1n) is 7.51. The van der Waals surface area contributed by atoms with Crippen LogP contribution in [0.4, 0.5) is 13.2 Å². The number of aromatic nitrogens is 2. The Hall–Kier alpha value is -3.15. The fourth-order valence-corrected chi connectivity index (χ4v) is 2.72. The molecule has 0 saturated heterocycles. The molecule has 0 saturated carbocycles. The number of halogens is 3. The lowest BCUT2D eigenvalue weighted by Gasteiger charge is -2.12. The second-order valence-corrected chi connectivity index (χ2v) is 5.51. The van der Waals surface area contributed by atoms with Gasteiger partial charge in [0, 0.05) is 28.9 Å². The topological polar surface area (TPSA) is 38.9 Å². The molecule has 0 amide bonds. The van der Waals surface area contributed by atoms with E-state index < -0.39 is 23.4 Å². The van der Waals surface area contributed by atoms with E-state index in [0.717, 1.165) is 12.1 Å². The standard InChI is InChI=1S/C19H11F3N2O/c20-14-6-5-13(18(21)12-8-23-10-24-9-12)19(22)17(14)16-7-11-3-1-2-4-15(11)25-16/h1-10,18H. The summed E-state index contributed by atoms with van der Waals surface area (Å²) in [6, 6.07) is 10.6. The van der Waals surface area contributed by atoms with Crippen molar-refractivity contribution in [3.05, 3.63) is 83.9 Å². The van der Waals surface area contributed by atoms with E-state index in [1.54, 1.807) is 24.3 Å². The first-order valence-corrected chi connectivity index (χ1v) is 7.51. The van der Waals surface area contributed by atoms with Crippen molar-refractivity contribution in [2.24, 2.45) is 0 Å². The summed E-state index contributed by atoms with van der Waals surface area (Å²) in [5.41, 5.74) is -0.113. The van der Waals surface area contributed by atoms with Crippen LogP contribution in [0.3, 0.4) is 0 Å². The van der Waals surface area contributed by atoms with Gasteiger partial charge >= 0.3 is 0 Å². The van der Waals surface area contributed by atoms with Crippen molar-refractivity contribution in [2.75, 3.05) is 0 Å². The third kappa shape index (κ3) is 2.65. The van der Waals surface area contributed by atoms with E-state index in [1.165, 1.54) is 24.8 Å². The van der Waals surface area contributed by atoms with E-state index in [2.05, 4.69) is 9.97 Å². The highest BCUT2D eigenvalue weighted by Crippen LogP contribution is 2.36. The molecule has 2 aromatic heterocycles. The number of hydrogen-bond acceptors (Lipinski definition) is 3. The number of rotatable bonds is 3. The minimum atomic E-state index is -1.81. The molecule has 25 heavy (non-hydrogen) atoms. The molecule has 0 N–H and O–H groups in total. The highest BCUT2D eigenvalue weighted by molar-refractivity contribution is 5.83. The zero-order valence-electron chi connectivity index (χ0n) is 12.8.